The Morgan fingerprint density at radius 1 is 1.35 bits per heavy atom. The lowest BCUT2D eigenvalue weighted by Crippen LogP contribution is -2.23. The summed E-state index contributed by atoms with van der Waals surface area (Å²) in [5.41, 5.74) is 3.40. The second-order valence-electron chi connectivity index (χ2n) is 5.40. The molecule has 2 N–H and O–H groups in total. The molecule has 0 bridgehead atoms. The molecular formula is C17H17FN4O. The lowest BCUT2D eigenvalue weighted by Gasteiger charge is -2.05. The number of aromatic nitrogens is 3. The molecule has 2 heterocycles. The highest BCUT2D eigenvalue weighted by atomic mass is 19.1. The van der Waals surface area contributed by atoms with Gasteiger partial charge in [0.1, 0.15) is 5.82 Å². The van der Waals surface area contributed by atoms with Crippen LogP contribution in [0.2, 0.25) is 0 Å². The average molecular weight is 312 g/mol. The van der Waals surface area contributed by atoms with Crippen LogP contribution < -0.4 is 5.32 Å². The number of fused-ring (bicyclic) bond motifs is 1. The van der Waals surface area contributed by atoms with Gasteiger partial charge >= 0.3 is 0 Å². The lowest BCUT2D eigenvalue weighted by atomic mass is 10.1. The highest BCUT2D eigenvalue weighted by Gasteiger charge is 2.10. The van der Waals surface area contributed by atoms with Crippen LogP contribution in [0, 0.1) is 12.7 Å². The predicted molar refractivity (Wildman–Crippen MR) is 85.2 cm³/mol. The van der Waals surface area contributed by atoms with E-state index in [2.05, 4.69) is 20.5 Å². The Bertz CT molecular complexity index is 843. The minimum atomic E-state index is -0.302. The number of carbonyl (C=O) groups excluding carboxylic acids is 1. The minimum Gasteiger partial charge on any atom is -0.352 e. The Hall–Kier alpha value is -2.76. The molecule has 0 fully saturated rings. The zero-order valence-corrected chi connectivity index (χ0v) is 12.8. The van der Waals surface area contributed by atoms with E-state index in [1.165, 1.54) is 12.1 Å². The van der Waals surface area contributed by atoms with Crippen molar-refractivity contribution in [3.63, 3.8) is 0 Å². The monoisotopic (exact) mass is 312 g/mol. The van der Waals surface area contributed by atoms with E-state index >= 15 is 0 Å². The van der Waals surface area contributed by atoms with Gasteiger partial charge in [-0.2, -0.15) is 5.10 Å². The summed E-state index contributed by atoms with van der Waals surface area (Å²) >= 11 is 0. The normalized spacial score (nSPS) is 10.9. The van der Waals surface area contributed by atoms with Gasteiger partial charge in [0.15, 0.2) is 0 Å². The van der Waals surface area contributed by atoms with E-state index in [0.717, 1.165) is 27.9 Å². The molecule has 2 aromatic heterocycles. The number of halogens is 1. The highest BCUT2D eigenvalue weighted by molar-refractivity contribution is 5.84. The van der Waals surface area contributed by atoms with Crippen LogP contribution in [0.1, 0.15) is 23.4 Å². The molecule has 3 rings (SSSR count). The second kappa shape index (κ2) is 6.56. The van der Waals surface area contributed by atoms with E-state index in [-0.39, 0.29) is 11.7 Å². The first-order valence-corrected chi connectivity index (χ1v) is 7.43. The third kappa shape index (κ3) is 3.53. The summed E-state index contributed by atoms with van der Waals surface area (Å²) in [6.45, 7) is 2.24. The molecule has 0 saturated carbocycles. The minimum absolute atomic E-state index is 0.0847. The molecule has 118 valence electrons. The van der Waals surface area contributed by atoms with Crippen molar-refractivity contribution in [2.24, 2.45) is 0 Å². The molecule has 0 aliphatic heterocycles. The number of carbonyl (C=O) groups is 1. The van der Waals surface area contributed by atoms with Crippen LogP contribution >= 0.6 is 0 Å². The van der Waals surface area contributed by atoms with Crippen LogP contribution in [0.25, 0.3) is 10.9 Å². The molecule has 23 heavy (non-hydrogen) atoms. The fourth-order valence-electron chi connectivity index (χ4n) is 2.56. The van der Waals surface area contributed by atoms with Crippen LogP contribution in [-0.2, 0) is 17.8 Å². The number of H-pyrrole nitrogens is 1. The number of hydrogen-bond donors (Lipinski definition) is 2. The van der Waals surface area contributed by atoms with Gasteiger partial charge in [-0.25, -0.2) is 4.39 Å². The van der Waals surface area contributed by atoms with Crippen molar-refractivity contribution in [1.82, 2.24) is 20.5 Å². The molecule has 0 spiro atoms. The number of benzene rings is 1. The Balaban J connectivity index is 1.58. The van der Waals surface area contributed by atoms with Crippen molar-refractivity contribution in [2.75, 3.05) is 0 Å². The summed E-state index contributed by atoms with van der Waals surface area (Å²) in [5, 5.41) is 11.0. The van der Waals surface area contributed by atoms with Gasteiger partial charge in [0, 0.05) is 35.9 Å². The predicted octanol–water partition coefficient (Wildman–Crippen LogP) is 2.65. The van der Waals surface area contributed by atoms with E-state index in [1.54, 1.807) is 18.3 Å². The van der Waals surface area contributed by atoms with Crippen molar-refractivity contribution in [3.05, 3.63) is 59.3 Å². The number of nitrogens with zero attached hydrogens (tertiary/aromatic N) is 2. The SMILES string of the molecule is Cc1nccc2n[nH]c(CCC(=O)NCc3cccc(F)c3)c12. The Labute approximate surface area is 132 Å². The van der Waals surface area contributed by atoms with Gasteiger partial charge < -0.3 is 5.32 Å². The Morgan fingerprint density at radius 3 is 3.04 bits per heavy atom. The zero-order valence-electron chi connectivity index (χ0n) is 12.8. The van der Waals surface area contributed by atoms with Crippen molar-refractivity contribution in [3.8, 4) is 0 Å². The fraction of sp³-hybridized carbons (Fsp3) is 0.235. The molecule has 5 nitrogen and oxygen atoms in total. The maximum atomic E-state index is 13.1. The highest BCUT2D eigenvalue weighted by Crippen LogP contribution is 2.19. The van der Waals surface area contributed by atoms with Gasteiger partial charge in [-0.3, -0.25) is 14.9 Å². The van der Waals surface area contributed by atoms with E-state index < -0.39 is 0 Å². The summed E-state index contributed by atoms with van der Waals surface area (Å²) < 4.78 is 13.1. The second-order valence-corrected chi connectivity index (χ2v) is 5.40. The molecule has 1 amide bonds. The molecule has 0 aliphatic rings. The molecular weight excluding hydrogens is 295 g/mol. The van der Waals surface area contributed by atoms with E-state index in [1.807, 2.05) is 13.0 Å². The number of hydrogen-bond acceptors (Lipinski definition) is 3. The molecule has 0 aliphatic carbocycles. The molecule has 0 saturated heterocycles. The van der Waals surface area contributed by atoms with Crippen LogP contribution in [0.4, 0.5) is 4.39 Å². The van der Waals surface area contributed by atoms with Gasteiger partial charge in [-0.1, -0.05) is 12.1 Å². The summed E-state index contributed by atoms with van der Waals surface area (Å²) in [4.78, 5) is 16.2. The van der Waals surface area contributed by atoms with Crippen molar-refractivity contribution < 1.29 is 9.18 Å². The molecule has 0 atom stereocenters. The maximum absolute atomic E-state index is 13.1. The van der Waals surface area contributed by atoms with Gasteiger partial charge in [0.2, 0.25) is 5.91 Å². The molecule has 3 aromatic rings. The first-order valence-electron chi connectivity index (χ1n) is 7.43. The van der Waals surface area contributed by atoms with Crippen LogP contribution in [-0.4, -0.2) is 21.1 Å². The van der Waals surface area contributed by atoms with Crippen molar-refractivity contribution in [2.45, 2.75) is 26.3 Å². The average Bonchev–Trinajstić information content (AvgIpc) is 2.96. The number of aryl methyl sites for hydroxylation is 2. The van der Waals surface area contributed by atoms with Crippen molar-refractivity contribution >= 4 is 16.8 Å². The van der Waals surface area contributed by atoms with E-state index in [0.29, 0.717) is 19.4 Å². The summed E-state index contributed by atoms with van der Waals surface area (Å²) in [6.07, 6.45) is 2.60. The number of pyridine rings is 1. The van der Waals surface area contributed by atoms with Gasteiger partial charge in [0.25, 0.3) is 0 Å². The summed E-state index contributed by atoms with van der Waals surface area (Å²) in [7, 11) is 0. The maximum Gasteiger partial charge on any atom is 0.220 e. The van der Waals surface area contributed by atoms with Crippen molar-refractivity contribution in [1.29, 1.82) is 0 Å². The van der Waals surface area contributed by atoms with Crippen LogP contribution in [0.5, 0.6) is 0 Å². The Morgan fingerprint density at radius 2 is 2.22 bits per heavy atom. The topological polar surface area (TPSA) is 70.7 Å². The third-order valence-electron chi connectivity index (χ3n) is 3.71. The summed E-state index contributed by atoms with van der Waals surface area (Å²) in [5.74, 6) is -0.387. The fourth-order valence-corrected chi connectivity index (χ4v) is 2.56. The Kier molecular flexibility index (Phi) is 4.32. The van der Waals surface area contributed by atoms with E-state index in [4.69, 9.17) is 0 Å². The number of nitrogens with one attached hydrogen (secondary N) is 2. The largest absolute Gasteiger partial charge is 0.352 e. The summed E-state index contributed by atoms with van der Waals surface area (Å²) in [6, 6.07) is 8.04. The van der Waals surface area contributed by atoms with Gasteiger partial charge in [-0.15, -0.1) is 0 Å². The lowest BCUT2D eigenvalue weighted by molar-refractivity contribution is -0.121. The number of rotatable bonds is 5. The van der Waals surface area contributed by atoms with Gasteiger partial charge in [0.05, 0.1) is 5.52 Å². The quantitative estimate of drug-likeness (QED) is 0.761. The third-order valence-corrected chi connectivity index (χ3v) is 3.71. The smallest absolute Gasteiger partial charge is 0.220 e. The van der Waals surface area contributed by atoms with Crippen LogP contribution in [0.15, 0.2) is 36.5 Å². The van der Waals surface area contributed by atoms with E-state index in [9.17, 15) is 9.18 Å². The molecule has 1 aromatic carbocycles. The standard InChI is InChI=1S/C17H17FN4O/c1-11-17-14(21-22-15(17)7-8-19-11)5-6-16(23)20-10-12-3-2-4-13(18)9-12/h2-4,7-9H,5-6,10H2,1H3,(H,20,23)(H,21,22). The van der Waals surface area contributed by atoms with Crippen LogP contribution in [0.3, 0.4) is 0 Å². The zero-order chi connectivity index (χ0) is 16.2. The number of amides is 1. The first kappa shape index (κ1) is 15.1. The number of aromatic amines is 1. The van der Waals surface area contributed by atoms with Gasteiger partial charge in [-0.05, 0) is 37.1 Å². The molecule has 0 unspecified atom stereocenters. The first-order chi connectivity index (χ1) is 11.1. The molecule has 0 radical (unpaired) electrons. The molecule has 6 heteroatoms.